The van der Waals surface area contributed by atoms with Gasteiger partial charge in [-0.15, -0.1) is 0 Å². The van der Waals surface area contributed by atoms with Crippen molar-refractivity contribution in [1.29, 1.82) is 0 Å². The molecule has 6 heteroatoms. The maximum absolute atomic E-state index is 13.1. The number of hydrogen-bond acceptors (Lipinski definition) is 4. The molecule has 0 radical (unpaired) electrons. The lowest BCUT2D eigenvalue weighted by molar-refractivity contribution is 0.0941. The second-order valence-corrected chi connectivity index (χ2v) is 8.87. The Morgan fingerprint density at radius 3 is 2.48 bits per heavy atom. The maximum Gasteiger partial charge on any atom is 0.263 e. The Kier molecular flexibility index (Phi) is 5.90. The fourth-order valence-corrected chi connectivity index (χ4v) is 4.95. The molecule has 1 N–H and O–H groups in total. The first kappa shape index (κ1) is 21.3. The Balaban J connectivity index is 1.34. The summed E-state index contributed by atoms with van der Waals surface area (Å²) in [5.74, 6) is 1.21. The average molecular weight is 445 g/mol. The van der Waals surface area contributed by atoms with Crippen molar-refractivity contribution in [1.82, 2.24) is 9.88 Å². The lowest BCUT2D eigenvalue weighted by Crippen LogP contribution is -2.41. The Morgan fingerprint density at radius 2 is 1.70 bits per heavy atom. The van der Waals surface area contributed by atoms with Crippen molar-refractivity contribution in [3.63, 3.8) is 0 Å². The summed E-state index contributed by atoms with van der Waals surface area (Å²) in [6, 6.07) is 19.2. The summed E-state index contributed by atoms with van der Waals surface area (Å²) in [6.45, 7) is 2.02. The summed E-state index contributed by atoms with van der Waals surface area (Å²) in [4.78, 5) is 26.1. The Labute approximate surface area is 193 Å². The van der Waals surface area contributed by atoms with E-state index >= 15 is 0 Å². The molecule has 170 valence electrons. The van der Waals surface area contributed by atoms with E-state index in [0.717, 1.165) is 48.3 Å². The van der Waals surface area contributed by atoms with E-state index < -0.39 is 0 Å². The number of pyridine rings is 1. The van der Waals surface area contributed by atoms with Gasteiger partial charge in [0.25, 0.3) is 11.5 Å². The lowest BCUT2D eigenvalue weighted by Gasteiger charge is -2.31. The number of fused-ring (bicyclic) bond motifs is 1. The number of ether oxygens (including phenoxy) is 2. The number of carbonyl (C=O) groups is 1. The van der Waals surface area contributed by atoms with Crippen molar-refractivity contribution in [2.45, 2.75) is 37.6 Å². The first-order chi connectivity index (χ1) is 16.1. The molecule has 1 amide bonds. The fraction of sp³-hybridized carbons (Fsp3) is 0.333. The lowest BCUT2D eigenvalue weighted by atomic mass is 9.78. The predicted molar refractivity (Wildman–Crippen MR) is 126 cm³/mol. The zero-order chi connectivity index (χ0) is 22.7. The van der Waals surface area contributed by atoms with Gasteiger partial charge in [0.1, 0.15) is 18.8 Å². The minimum atomic E-state index is -0.328. The first-order valence-corrected chi connectivity index (χ1v) is 11.6. The van der Waals surface area contributed by atoms with Gasteiger partial charge < -0.3 is 19.4 Å². The number of nitrogens with zero attached hydrogens (tertiary/aromatic N) is 1. The fourth-order valence-electron chi connectivity index (χ4n) is 4.95. The summed E-state index contributed by atoms with van der Waals surface area (Å²) in [7, 11) is 0. The van der Waals surface area contributed by atoms with Crippen molar-refractivity contribution in [2.24, 2.45) is 0 Å². The maximum atomic E-state index is 13.1. The number of aromatic nitrogens is 1. The van der Waals surface area contributed by atoms with E-state index in [9.17, 15) is 9.59 Å². The van der Waals surface area contributed by atoms with Gasteiger partial charge in [-0.05, 0) is 48.2 Å². The number of hydrogen-bond donors (Lipinski definition) is 1. The molecule has 2 aromatic carbocycles. The molecule has 1 aromatic heterocycles. The molecule has 0 unspecified atom stereocenters. The van der Waals surface area contributed by atoms with E-state index in [0.29, 0.717) is 26.3 Å². The van der Waals surface area contributed by atoms with E-state index in [1.165, 1.54) is 0 Å². The van der Waals surface area contributed by atoms with Crippen molar-refractivity contribution in [3.05, 3.63) is 93.9 Å². The van der Waals surface area contributed by atoms with Crippen molar-refractivity contribution < 1.29 is 14.3 Å². The van der Waals surface area contributed by atoms with Crippen LogP contribution in [0.3, 0.4) is 0 Å². The van der Waals surface area contributed by atoms with Crippen LogP contribution in [0.15, 0.2) is 71.7 Å². The molecule has 0 saturated heterocycles. The van der Waals surface area contributed by atoms with Crippen LogP contribution in [-0.4, -0.2) is 30.2 Å². The van der Waals surface area contributed by atoms with Crippen LogP contribution >= 0.6 is 0 Å². The minimum absolute atomic E-state index is 0.163. The zero-order valence-electron chi connectivity index (χ0n) is 18.6. The molecule has 0 bridgehead atoms. The second kappa shape index (κ2) is 9.14. The van der Waals surface area contributed by atoms with Crippen LogP contribution in [0.2, 0.25) is 0 Å². The Hall–Kier alpha value is -3.54. The van der Waals surface area contributed by atoms with Crippen molar-refractivity contribution >= 4 is 5.91 Å². The largest absolute Gasteiger partial charge is 0.486 e. The number of rotatable bonds is 6. The quantitative estimate of drug-likeness (QED) is 0.626. The summed E-state index contributed by atoms with van der Waals surface area (Å²) < 4.78 is 13.0. The highest BCUT2D eigenvalue weighted by Gasteiger charge is 2.37. The molecule has 0 spiro atoms. The van der Waals surface area contributed by atoms with Crippen LogP contribution in [0.1, 0.15) is 47.2 Å². The van der Waals surface area contributed by atoms with E-state index in [1.54, 1.807) is 22.9 Å². The molecule has 0 atom stereocenters. The third kappa shape index (κ3) is 4.38. The highest BCUT2D eigenvalue weighted by atomic mass is 16.6. The number of nitrogens with one attached hydrogen (secondary N) is 1. The van der Waals surface area contributed by atoms with Crippen LogP contribution < -0.4 is 20.3 Å². The van der Waals surface area contributed by atoms with Crippen LogP contribution in [0.4, 0.5) is 0 Å². The van der Waals surface area contributed by atoms with Gasteiger partial charge in [0.05, 0.1) is 6.54 Å². The highest BCUT2D eigenvalue weighted by Crippen LogP contribution is 2.43. The van der Waals surface area contributed by atoms with Crippen LogP contribution in [0.25, 0.3) is 0 Å². The third-order valence-electron chi connectivity index (χ3n) is 6.76. The molecular formula is C27H28N2O4. The molecule has 33 heavy (non-hydrogen) atoms. The monoisotopic (exact) mass is 444 g/mol. The summed E-state index contributed by atoms with van der Waals surface area (Å²) >= 11 is 0. The average Bonchev–Trinajstić information content (AvgIpc) is 3.34. The van der Waals surface area contributed by atoms with E-state index in [2.05, 4.69) is 17.4 Å². The normalized spacial score (nSPS) is 16.4. The molecule has 3 aromatic rings. The van der Waals surface area contributed by atoms with Gasteiger partial charge in [0.2, 0.25) is 0 Å². The summed E-state index contributed by atoms with van der Waals surface area (Å²) in [5, 5.41) is 3.07. The van der Waals surface area contributed by atoms with Gasteiger partial charge in [0, 0.05) is 18.2 Å². The van der Waals surface area contributed by atoms with E-state index in [4.69, 9.17) is 9.47 Å². The van der Waals surface area contributed by atoms with Gasteiger partial charge >= 0.3 is 0 Å². The van der Waals surface area contributed by atoms with Gasteiger partial charge in [-0.2, -0.15) is 0 Å². The number of benzene rings is 2. The first-order valence-electron chi connectivity index (χ1n) is 11.6. The van der Waals surface area contributed by atoms with E-state index in [-0.39, 0.29) is 22.4 Å². The molecule has 5 rings (SSSR count). The smallest absolute Gasteiger partial charge is 0.263 e. The van der Waals surface area contributed by atoms with Crippen molar-refractivity contribution in [3.8, 4) is 11.5 Å². The highest BCUT2D eigenvalue weighted by molar-refractivity contribution is 5.93. The van der Waals surface area contributed by atoms with E-state index in [1.807, 2.05) is 36.4 Å². The zero-order valence-corrected chi connectivity index (χ0v) is 18.6. The molecule has 1 saturated carbocycles. The number of carbonyl (C=O) groups excluding carboxylic acids is 1. The summed E-state index contributed by atoms with van der Waals surface area (Å²) in [5.41, 5.74) is 1.89. The molecular weight excluding hydrogens is 416 g/mol. The SMILES string of the molecule is O=C(NCC1(c2ccc3c(c2)OCCO3)CCCC1)c1cccn(Cc2ccccc2)c1=O. The molecule has 2 aliphatic rings. The summed E-state index contributed by atoms with van der Waals surface area (Å²) in [6.07, 6.45) is 5.92. The van der Waals surface area contributed by atoms with Crippen LogP contribution in [0, 0.1) is 0 Å². The standard InChI is InChI=1S/C27H28N2O4/c30-25(22-9-6-14-29(26(22)31)18-20-7-2-1-3-8-20)28-19-27(12-4-5-13-27)21-10-11-23-24(17-21)33-16-15-32-23/h1-3,6-11,14,17H,4-5,12-13,15-16,18-19H2,(H,28,30). The predicted octanol–water partition coefficient (Wildman–Crippen LogP) is 3.91. The van der Waals surface area contributed by atoms with Crippen LogP contribution in [-0.2, 0) is 12.0 Å². The van der Waals surface area contributed by atoms with Gasteiger partial charge in [0.15, 0.2) is 11.5 Å². The van der Waals surface area contributed by atoms with Gasteiger partial charge in [-0.3, -0.25) is 9.59 Å². The number of amides is 1. The molecule has 1 aliphatic carbocycles. The van der Waals surface area contributed by atoms with Gasteiger partial charge in [-0.25, -0.2) is 0 Å². The minimum Gasteiger partial charge on any atom is -0.486 e. The second-order valence-electron chi connectivity index (χ2n) is 8.87. The van der Waals surface area contributed by atoms with Crippen LogP contribution in [0.5, 0.6) is 11.5 Å². The third-order valence-corrected chi connectivity index (χ3v) is 6.76. The van der Waals surface area contributed by atoms with Gasteiger partial charge in [-0.1, -0.05) is 49.2 Å². The van der Waals surface area contributed by atoms with Crippen molar-refractivity contribution in [2.75, 3.05) is 19.8 Å². The molecule has 1 aliphatic heterocycles. The Bertz CT molecular complexity index is 1200. The molecule has 1 fully saturated rings. The Morgan fingerprint density at radius 1 is 0.939 bits per heavy atom. The molecule has 6 nitrogen and oxygen atoms in total. The molecule has 2 heterocycles. The topological polar surface area (TPSA) is 69.6 Å².